The van der Waals surface area contributed by atoms with Gasteiger partial charge in [0, 0.05) is 6.54 Å². The second kappa shape index (κ2) is 5.26. The molecule has 4 rings (SSSR count). The largest absolute Gasteiger partial charge is 0.325 e. The highest BCUT2D eigenvalue weighted by Gasteiger charge is 2.53. The maximum absolute atomic E-state index is 13.1. The summed E-state index contributed by atoms with van der Waals surface area (Å²) >= 11 is 0. The Morgan fingerprint density at radius 2 is 2.05 bits per heavy atom. The van der Waals surface area contributed by atoms with E-state index in [9.17, 15) is 4.79 Å². The molecule has 4 fully saturated rings. The van der Waals surface area contributed by atoms with Gasteiger partial charge in [0.15, 0.2) is 0 Å². The maximum Gasteiger partial charge on any atom is 0.244 e. The summed E-state index contributed by atoms with van der Waals surface area (Å²) in [6, 6.07) is 0. The SMILES string of the molecule is CCCC1NC2(CCCC2)C(=O)N1CC1CC2CCC1C2. The van der Waals surface area contributed by atoms with Gasteiger partial charge in [0.05, 0.1) is 11.7 Å². The summed E-state index contributed by atoms with van der Waals surface area (Å²) in [7, 11) is 0. The van der Waals surface area contributed by atoms with Crippen LogP contribution >= 0.6 is 0 Å². The summed E-state index contributed by atoms with van der Waals surface area (Å²) in [6.45, 7) is 3.28. The molecule has 4 aliphatic rings. The van der Waals surface area contributed by atoms with E-state index in [1.54, 1.807) is 0 Å². The van der Waals surface area contributed by atoms with Gasteiger partial charge in [-0.25, -0.2) is 0 Å². The molecule has 1 N–H and O–H groups in total. The zero-order valence-corrected chi connectivity index (χ0v) is 13.4. The molecule has 0 aromatic carbocycles. The lowest BCUT2D eigenvalue weighted by molar-refractivity contribution is -0.134. The van der Waals surface area contributed by atoms with E-state index in [0.717, 1.165) is 50.0 Å². The van der Waals surface area contributed by atoms with Gasteiger partial charge in [-0.05, 0) is 56.3 Å². The van der Waals surface area contributed by atoms with E-state index >= 15 is 0 Å². The lowest BCUT2D eigenvalue weighted by Crippen LogP contribution is -2.44. The van der Waals surface area contributed by atoms with Crippen LogP contribution in [-0.4, -0.2) is 29.1 Å². The average Bonchev–Trinajstić information content (AvgIpc) is 3.23. The molecule has 1 saturated heterocycles. The first-order valence-corrected chi connectivity index (χ1v) is 9.30. The Balaban J connectivity index is 1.49. The first-order valence-electron chi connectivity index (χ1n) is 9.30. The van der Waals surface area contributed by atoms with Crippen LogP contribution in [0.15, 0.2) is 0 Å². The smallest absolute Gasteiger partial charge is 0.244 e. The number of fused-ring (bicyclic) bond motifs is 2. The second-order valence-corrected chi connectivity index (χ2v) is 8.13. The third-order valence-corrected chi connectivity index (χ3v) is 6.82. The minimum Gasteiger partial charge on any atom is -0.325 e. The lowest BCUT2D eigenvalue weighted by atomic mass is 9.88. The van der Waals surface area contributed by atoms with Crippen LogP contribution in [0.4, 0.5) is 0 Å². The van der Waals surface area contributed by atoms with Gasteiger partial charge >= 0.3 is 0 Å². The first kappa shape index (κ1) is 14.0. The number of hydrogen-bond acceptors (Lipinski definition) is 2. The summed E-state index contributed by atoms with van der Waals surface area (Å²) in [5.74, 6) is 3.15. The molecule has 3 aliphatic carbocycles. The summed E-state index contributed by atoms with van der Waals surface area (Å²) in [4.78, 5) is 15.3. The monoisotopic (exact) mass is 290 g/mol. The quantitative estimate of drug-likeness (QED) is 0.861. The second-order valence-electron chi connectivity index (χ2n) is 8.13. The Labute approximate surface area is 128 Å². The first-order chi connectivity index (χ1) is 10.2. The van der Waals surface area contributed by atoms with Gasteiger partial charge in [0.1, 0.15) is 0 Å². The zero-order valence-electron chi connectivity index (χ0n) is 13.4. The molecule has 21 heavy (non-hydrogen) atoms. The number of amides is 1. The van der Waals surface area contributed by atoms with Crippen molar-refractivity contribution in [2.45, 2.75) is 82.8 Å². The van der Waals surface area contributed by atoms with Crippen molar-refractivity contribution in [2.75, 3.05) is 6.54 Å². The zero-order chi connectivity index (χ0) is 14.4. The molecule has 1 amide bonds. The number of rotatable bonds is 4. The molecule has 2 bridgehead atoms. The van der Waals surface area contributed by atoms with E-state index in [1.807, 2.05) is 0 Å². The highest BCUT2D eigenvalue weighted by Crippen LogP contribution is 2.49. The highest BCUT2D eigenvalue weighted by atomic mass is 16.2. The average molecular weight is 290 g/mol. The molecular weight excluding hydrogens is 260 g/mol. The van der Waals surface area contributed by atoms with Gasteiger partial charge in [-0.15, -0.1) is 0 Å². The van der Waals surface area contributed by atoms with Crippen LogP contribution in [0, 0.1) is 17.8 Å². The van der Waals surface area contributed by atoms with E-state index in [4.69, 9.17) is 0 Å². The minimum atomic E-state index is -0.169. The van der Waals surface area contributed by atoms with Gasteiger partial charge in [0.25, 0.3) is 0 Å². The van der Waals surface area contributed by atoms with Crippen molar-refractivity contribution in [1.29, 1.82) is 0 Å². The van der Waals surface area contributed by atoms with Crippen molar-refractivity contribution in [1.82, 2.24) is 10.2 Å². The number of hydrogen-bond donors (Lipinski definition) is 1. The molecule has 0 aromatic heterocycles. The molecule has 4 unspecified atom stereocenters. The van der Waals surface area contributed by atoms with Crippen LogP contribution < -0.4 is 5.32 Å². The third kappa shape index (κ3) is 2.23. The summed E-state index contributed by atoms with van der Waals surface area (Å²) in [5.41, 5.74) is -0.169. The Hall–Kier alpha value is -0.570. The molecule has 3 saturated carbocycles. The van der Waals surface area contributed by atoms with E-state index < -0.39 is 0 Å². The van der Waals surface area contributed by atoms with E-state index in [-0.39, 0.29) is 5.54 Å². The van der Waals surface area contributed by atoms with E-state index in [2.05, 4.69) is 17.1 Å². The molecule has 1 spiro atoms. The van der Waals surface area contributed by atoms with Crippen LogP contribution in [0.5, 0.6) is 0 Å². The minimum absolute atomic E-state index is 0.169. The van der Waals surface area contributed by atoms with Crippen molar-refractivity contribution < 1.29 is 4.79 Å². The predicted octanol–water partition coefficient (Wildman–Crippen LogP) is 3.29. The fourth-order valence-corrected chi connectivity index (χ4v) is 5.78. The topological polar surface area (TPSA) is 32.3 Å². The van der Waals surface area contributed by atoms with Crippen LogP contribution in [0.25, 0.3) is 0 Å². The number of carbonyl (C=O) groups is 1. The Morgan fingerprint density at radius 3 is 2.67 bits per heavy atom. The Kier molecular flexibility index (Phi) is 3.52. The molecule has 0 radical (unpaired) electrons. The van der Waals surface area contributed by atoms with Crippen molar-refractivity contribution in [3.63, 3.8) is 0 Å². The van der Waals surface area contributed by atoms with Crippen molar-refractivity contribution >= 4 is 5.91 Å². The van der Waals surface area contributed by atoms with Crippen molar-refractivity contribution in [2.24, 2.45) is 17.8 Å². The van der Waals surface area contributed by atoms with Gasteiger partial charge in [0.2, 0.25) is 5.91 Å². The molecule has 0 aromatic rings. The Morgan fingerprint density at radius 1 is 1.24 bits per heavy atom. The summed E-state index contributed by atoms with van der Waals surface area (Å²) < 4.78 is 0. The van der Waals surface area contributed by atoms with Gasteiger partial charge in [-0.1, -0.05) is 32.6 Å². The standard InChI is InChI=1S/C18H30N2O/c1-2-5-16-19-18(8-3-4-9-18)17(21)20(16)12-15-11-13-6-7-14(15)10-13/h13-16,19H,2-12H2,1H3. The van der Waals surface area contributed by atoms with Gasteiger partial charge in [-0.2, -0.15) is 0 Å². The normalized spacial score (nSPS) is 40.8. The van der Waals surface area contributed by atoms with Crippen LogP contribution in [0.3, 0.4) is 0 Å². The predicted molar refractivity (Wildman–Crippen MR) is 83.7 cm³/mol. The maximum atomic E-state index is 13.1. The highest BCUT2D eigenvalue weighted by molar-refractivity contribution is 5.89. The van der Waals surface area contributed by atoms with Crippen LogP contribution in [0.1, 0.15) is 71.1 Å². The van der Waals surface area contributed by atoms with Gasteiger partial charge < -0.3 is 4.90 Å². The molecule has 3 nitrogen and oxygen atoms in total. The fourth-order valence-electron chi connectivity index (χ4n) is 5.78. The fraction of sp³-hybridized carbons (Fsp3) is 0.944. The lowest BCUT2D eigenvalue weighted by Gasteiger charge is -2.31. The van der Waals surface area contributed by atoms with Crippen molar-refractivity contribution in [3.05, 3.63) is 0 Å². The van der Waals surface area contributed by atoms with E-state index in [1.165, 1.54) is 38.5 Å². The molecule has 118 valence electrons. The third-order valence-electron chi connectivity index (χ3n) is 6.82. The Bertz CT molecular complexity index is 415. The number of nitrogens with zero attached hydrogens (tertiary/aromatic N) is 1. The summed E-state index contributed by atoms with van der Waals surface area (Å²) in [5, 5.41) is 3.76. The number of carbonyl (C=O) groups excluding carboxylic acids is 1. The number of nitrogens with one attached hydrogen (secondary N) is 1. The molecule has 1 aliphatic heterocycles. The summed E-state index contributed by atoms with van der Waals surface area (Å²) in [6.07, 6.45) is 12.9. The van der Waals surface area contributed by atoms with Crippen molar-refractivity contribution in [3.8, 4) is 0 Å². The van der Waals surface area contributed by atoms with Crippen LogP contribution in [0.2, 0.25) is 0 Å². The molecular formula is C18H30N2O. The van der Waals surface area contributed by atoms with Crippen LogP contribution in [-0.2, 0) is 4.79 Å². The molecule has 4 atom stereocenters. The molecule has 3 heteroatoms. The van der Waals surface area contributed by atoms with Gasteiger partial charge in [-0.3, -0.25) is 10.1 Å². The molecule has 1 heterocycles. The van der Waals surface area contributed by atoms with E-state index in [0.29, 0.717) is 12.1 Å².